The molecule has 0 bridgehead atoms. The number of thioether (sulfide) groups is 1. The topological polar surface area (TPSA) is 66.0 Å². The van der Waals surface area contributed by atoms with Gasteiger partial charge in [0, 0.05) is 39.5 Å². The summed E-state index contributed by atoms with van der Waals surface area (Å²) in [4.78, 5) is 17.5. The first-order valence-electron chi connectivity index (χ1n) is 7.96. The highest BCUT2D eigenvalue weighted by Crippen LogP contribution is 2.14. The summed E-state index contributed by atoms with van der Waals surface area (Å²) in [6, 6.07) is 0. The van der Waals surface area contributed by atoms with Crippen LogP contribution in [0.1, 0.15) is 25.7 Å². The van der Waals surface area contributed by atoms with Crippen LogP contribution in [0.2, 0.25) is 0 Å². The van der Waals surface area contributed by atoms with E-state index in [2.05, 4.69) is 21.9 Å². The standard InChI is InChI=1S/C15H30N4O2S.HI/c1-19(2)14(20)12-18-15(17-9-11-22-3)16-8-7-13-6-4-5-10-21-13;/h13H,4-12H2,1-3H3,(H2,16,17,18);1H. The largest absolute Gasteiger partial charge is 0.378 e. The maximum absolute atomic E-state index is 11.6. The van der Waals surface area contributed by atoms with E-state index in [1.807, 2.05) is 0 Å². The lowest BCUT2D eigenvalue weighted by atomic mass is 10.1. The Morgan fingerprint density at radius 1 is 1.30 bits per heavy atom. The van der Waals surface area contributed by atoms with Gasteiger partial charge in [0.05, 0.1) is 6.10 Å². The third-order valence-electron chi connectivity index (χ3n) is 3.50. The van der Waals surface area contributed by atoms with Gasteiger partial charge in [0.15, 0.2) is 5.96 Å². The Bertz CT molecular complexity index is 350. The Balaban J connectivity index is 0.00000484. The normalized spacial score (nSPS) is 18.0. The Morgan fingerprint density at radius 3 is 2.65 bits per heavy atom. The fourth-order valence-electron chi connectivity index (χ4n) is 2.12. The predicted octanol–water partition coefficient (Wildman–Crippen LogP) is 1.55. The van der Waals surface area contributed by atoms with Crippen molar-refractivity contribution in [3.63, 3.8) is 0 Å². The number of rotatable bonds is 8. The minimum Gasteiger partial charge on any atom is -0.378 e. The number of ether oxygens (including phenoxy) is 1. The Hall–Kier alpha value is -0.220. The molecule has 0 aromatic heterocycles. The van der Waals surface area contributed by atoms with Crippen LogP contribution in [0.5, 0.6) is 0 Å². The highest BCUT2D eigenvalue weighted by molar-refractivity contribution is 14.0. The minimum absolute atomic E-state index is 0. The molecule has 0 aliphatic carbocycles. The lowest BCUT2D eigenvalue weighted by Crippen LogP contribution is -2.41. The second-order valence-corrected chi connectivity index (χ2v) is 6.56. The summed E-state index contributed by atoms with van der Waals surface area (Å²) in [5, 5.41) is 6.56. The SMILES string of the molecule is CSCCNC(=NCC(=O)N(C)C)NCCC1CCCCO1.I. The molecule has 8 heteroatoms. The van der Waals surface area contributed by atoms with Gasteiger partial charge in [-0.15, -0.1) is 24.0 Å². The first-order chi connectivity index (χ1) is 10.6. The number of nitrogens with one attached hydrogen (secondary N) is 2. The first-order valence-corrected chi connectivity index (χ1v) is 9.35. The van der Waals surface area contributed by atoms with Crippen molar-refractivity contribution in [1.82, 2.24) is 15.5 Å². The molecule has 1 fully saturated rings. The Labute approximate surface area is 161 Å². The van der Waals surface area contributed by atoms with E-state index in [-0.39, 0.29) is 36.4 Å². The molecule has 0 spiro atoms. The monoisotopic (exact) mass is 458 g/mol. The number of amides is 1. The van der Waals surface area contributed by atoms with Crippen LogP contribution in [0.15, 0.2) is 4.99 Å². The van der Waals surface area contributed by atoms with E-state index in [4.69, 9.17) is 4.74 Å². The molecule has 23 heavy (non-hydrogen) atoms. The molecule has 1 heterocycles. The lowest BCUT2D eigenvalue weighted by Gasteiger charge is -2.23. The molecule has 1 amide bonds. The summed E-state index contributed by atoms with van der Waals surface area (Å²) >= 11 is 1.78. The number of carbonyl (C=O) groups is 1. The summed E-state index contributed by atoms with van der Waals surface area (Å²) in [6.07, 6.45) is 6.99. The smallest absolute Gasteiger partial charge is 0.243 e. The van der Waals surface area contributed by atoms with Crippen molar-refractivity contribution in [2.45, 2.75) is 31.8 Å². The van der Waals surface area contributed by atoms with E-state index in [0.717, 1.165) is 38.3 Å². The van der Waals surface area contributed by atoms with Gasteiger partial charge in [-0.2, -0.15) is 11.8 Å². The summed E-state index contributed by atoms with van der Waals surface area (Å²) in [5.41, 5.74) is 0. The predicted molar refractivity (Wildman–Crippen MR) is 109 cm³/mol. The number of carbonyl (C=O) groups excluding carboxylic acids is 1. The molecular formula is C15H31IN4O2S. The second kappa shape index (κ2) is 14.2. The number of aliphatic imine (C=N–C) groups is 1. The van der Waals surface area contributed by atoms with Crippen LogP contribution in [0.4, 0.5) is 0 Å². The molecule has 0 aromatic rings. The molecule has 6 nitrogen and oxygen atoms in total. The molecule has 2 N–H and O–H groups in total. The van der Waals surface area contributed by atoms with Crippen LogP contribution >= 0.6 is 35.7 Å². The van der Waals surface area contributed by atoms with Crippen LogP contribution in [0, 0.1) is 0 Å². The number of hydrogen-bond acceptors (Lipinski definition) is 4. The Morgan fingerprint density at radius 2 is 2.04 bits per heavy atom. The van der Waals surface area contributed by atoms with Gasteiger partial charge in [-0.3, -0.25) is 4.79 Å². The van der Waals surface area contributed by atoms with Gasteiger partial charge in [-0.05, 0) is 31.9 Å². The summed E-state index contributed by atoms with van der Waals surface area (Å²) in [6.45, 7) is 2.70. The van der Waals surface area contributed by atoms with E-state index in [0.29, 0.717) is 12.1 Å². The quantitative estimate of drug-likeness (QED) is 0.250. The molecule has 1 saturated heterocycles. The molecule has 1 aliphatic heterocycles. The van der Waals surface area contributed by atoms with Gasteiger partial charge in [0.1, 0.15) is 6.54 Å². The Kier molecular flexibility index (Phi) is 14.0. The summed E-state index contributed by atoms with van der Waals surface area (Å²) < 4.78 is 5.72. The zero-order valence-corrected chi connectivity index (χ0v) is 17.6. The number of hydrogen-bond donors (Lipinski definition) is 2. The van der Waals surface area contributed by atoms with Gasteiger partial charge in [0.25, 0.3) is 0 Å². The van der Waals surface area contributed by atoms with Gasteiger partial charge >= 0.3 is 0 Å². The molecule has 1 unspecified atom stereocenters. The maximum Gasteiger partial charge on any atom is 0.243 e. The van der Waals surface area contributed by atoms with Crippen molar-refractivity contribution < 1.29 is 9.53 Å². The van der Waals surface area contributed by atoms with E-state index in [9.17, 15) is 4.79 Å². The average Bonchev–Trinajstić information content (AvgIpc) is 2.52. The van der Waals surface area contributed by atoms with Crippen LogP contribution in [-0.2, 0) is 9.53 Å². The van der Waals surface area contributed by atoms with E-state index in [1.54, 1.807) is 30.8 Å². The third-order valence-corrected chi connectivity index (χ3v) is 4.11. The zero-order chi connectivity index (χ0) is 16.2. The molecule has 1 rings (SSSR count). The molecule has 1 atom stereocenters. The van der Waals surface area contributed by atoms with Crippen molar-refractivity contribution in [2.24, 2.45) is 4.99 Å². The number of halogens is 1. The first kappa shape index (κ1) is 22.8. The lowest BCUT2D eigenvalue weighted by molar-refractivity contribution is -0.127. The van der Waals surface area contributed by atoms with Crippen molar-refractivity contribution in [2.75, 3.05) is 52.3 Å². The minimum atomic E-state index is 0. The highest BCUT2D eigenvalue weighted by atomic mass is 127. The zero-order valence-electron chi connectivity index (χ0n) is 14.5. The average molecular weight is 458 g/mol. The van der Waals surface area contributed by atoms with Gasteiger partial charge in [-0.1, -0.05) is 0 Å². The van der Waals surface area contributed by atoms with Crippen LogP contribution in [0.25, 0.3) is 0 Å². The second-order valence-electron chi connectivity index (χ2n) is 5.58. The molecule has 136 valence electrons. The van der Waals surface area contributed by atoms with Gasteiger partial charge < -0.3 is 20.3 Å². The summed E-state index contributed by atoms with van der Waals surface area (Å²) in [5.74, 6) is 1.72. The molecule has 1 aliphatic rings. The van der Waals surface area contributed by atoms with Gasteiger partial charge in [0.2, 0.25) is 5.91 Å². The third kappa shape index (κ3) is 11.0. The van der Waals surface area contributed by atoms with E-state index < -0.39 is 0 Å². The highest BCUT2D eigenvalue weighted by Gasteiger charge is 2.13. The van der Waals surface area contributed by atoms with Crippen LogP contribution in [0.3, 0.4) is 0 Å². The molecule has 0 radical (unpaired) electrons. The number of guanidine groups is 1. The summed E-state index contributed by atoms with van der Waals surface area (Å²) in [7, 11) is 3.49. The molecule has 0 saturated carbocycles. The van der Waals surface area contributed by atoms with Crippen molar-refractivity contribution in [3.8, 4) is 0 Å². The fraction of sp³-hybridized carbons (Fsp3) is 0.867. The number of likely N-dealkylation sites (N-methyl/N-ethyl adjacent to an activating group) is 1. The van der Waals surface area contributed by atoms with E-state index >= 15 is 0 Å². The molecule has 0 aromatic carbocycles. The van der Waals surface area contributed by atoms with Crippen molar-refractivity contribution in [3.05, 3.63) is 0 Å². The van der Waals surface area contributed by atoms with E-state index in [1.165, 1.54) is 12.8 Å². The maximum atomic E-state index is 11.6. The van der Waals surface area contributed by atoms with Crippen LogP contribution in [-0.4, -0.2) is 75.2 Å². The molecular weight excluding hydrogens is 427 g/mol. The number of nitrogens with zero attached hydrogens (tertiary/aromatic N) is 2. The van der Waals surface area contributed by atoms with Crippen molar-refractivity contribution in [1.29, 1.82) is 0 Å². The fourth-order valence-corrected chi connectivity index (χ4v) is 2.43. The van der Waals surface area contributed by atoms with Crippen molar-refractivity contribution >= 4 is 47.6 Å². The van der Waals surface area contributed by atoms with Crippen LogP contribution < -0.4 is 10.6 Å². The van der Waals surface area contributed by atoms with Gasteiger partial charge in [-0.25, -0.2) is 4.99 Å².